The van der Waals surface area contributed by atoms with Crippen molar-refractivity contribution >= 4 is 5.91 Å². The molecule has 7 heteroatoms. The maximum Gasteiger partial charge on any atom is 0.414 e. The van der Waals surface area contributed by atoms with Crippen LogP contribution in [0, 0.1) is 5.92 Å². The van der Waals surface area contributed by atoms with Gasteiger partial charge in [0.1, 0.15) is 0 Å². The van der Waals surface area contributed by atoms with E-state index in [0.29, 0.717) is 0 Å². The maximum atomic E-state index is 12.6. The molecule has 0 radical (unpaired) electrons. The van der Waals surface area contributed by atoms with Crippen LogP contribution in [0.2, 0.25) is 0 Å². The van der Waals surface area contributed by atoms with Gasteiger partial charge in [0, 0.05) is 11.6 Å². The van der Waals surface area contributed by atoms with Crippen molar-refractivity contribution in [1.82, 2.24) is 10.8 Å². The maximum absolute atomic E-state index is 12.6. The van der Waals surface area contributed by atoms with Crippen molar-refractivity contribution in [3.05, 3.63) is 35.7 Å². The summed E-state index contributed by atoms with van der Waals surface area (Å²) in [4.78, 5) is 15.9. The Morgan fingerprint density at radius 2 is 1.85 bits per heavy atom. The van der Waals surface area contributed by atoms with E-state index in [1.54, 1.807) is 13.8 Å². The van der Waals surface area contributed by atoms with Crippen LogP contribution in [0.3, 0.4) is 0 Å². The highest BCUT2D eigenvalue weighted by Gasteiger charge is 2.32. The molecule has 0 heterocycles. The molecule has 4 nitrogen and oxygen atoms in total. The third-order valence-electron chi connectivity index (χ3n) is 2.30. The van der Waals surface area contributed by atoms with E-state index in [9.17, 15) is 18.0 Å². The SMILES string of the molecule is C=C(/C=C\C(NOC)=C(/C)C(F)(F)F)NC(=O)C(C)C. The van der Waals surface area contributed by atoms with E-state index in [1.807, 2.05) is 0 Å². The summed E-state index contributed by atoms with van der Waals surface area (Å²) in [7, 11) is 1.20. The van der Waals surface area contributed by atoms with Crippen molar-refractivity contribution in [1.29, 1.82) is 0 Å². The second-order valence-electron chi connectivity index (χ2n) is 4.35. The molecule has 2 N–H and O–H groups in total. The molecule has 0 atom stereocenters. The van der Waals surface area contributed by atoms with E-state index in [1.165, 1.54) is 13.2 Å². The quantitative estimate of drug-likeness (QED) is 0.584. The molecule has 0 rings (SSSR count). The topological polar surface area (TPSA) is 50.4 Å². The summed E-state index contributed by atoms with van der Waals surface area (Å²) in [5.74, 6) is -0.512. The molecule has 0 saturated heterocycles. The molecule has 0 aromatic heterocycles. The van der Waals surface area contributed by atoms with Crippen molar-refractivity contribution in [2.24, 2.45) is 5.92 Å². The Kier molecular flexibility index (Phi) is 7.06. The predicted octanol–water partition coefficient (Wildman–Crippen LogP) is 2.82. The molecule has 0 saturated carbocycles. The molecule has 0 fully saturated rings. The predicted molar refractivity (Wildman–Crippen MR) is 70.2 cm³/mol. The summed E-state index contributed by atoms with van der Waals surface area (Å²) in [5, 5.41) is 2.46. The number of allylic oxidation sites excluding steroid dienone is 3. The van der Waals surface area contributed by atoms with Crippen LogP contribution in [0.1, 0.15) is 20.8 Å². The highest BCUT2D eigenvalue weighted by atomic mass is 19.4. The summed E-state index contributed by atoms with van der Waals surface area (Å²) in [6.45, 7) is 7.84. The third-order valence-corrected chi connectivity index (χ3v) is 2.30. The molecular weight excluding hydrogens is 273 g/mol. The first-order valence-corrected chi connectivity index (χ1v) is 5.84. The summed E-state index contributed by atoms with van der Waals surface area (Å²) in [6.07, 6.45) is -2.08. The number of carbonyl (C=O) groups excluding carboxylic acids is 1. The molecule has 0 aliphatic carbocycles. The van der Waals surface area contributed by atoms with Gasteiger partial charge in [-0.25, -0.2) is 0 Å². The van der Waals surface area contributed by atoms with E-state index in [-0.39, 0.29) is 23.2 Å². The van der Waals surface area contributed by atoms with Crippen molar-refractivity contribution in [3.8, 4) is 0 Å². The lowest BCUT2D eigenvalue weighted by Gasteiger charge is -2.13. The highest BCUT2D eigenvalue weighted by molar-refractivity contribution is 5.80. The van der Waals surface area contributed by atoms with Crippen molar-refractivity contribution in [3.63, 3.8) is 0 Å². The molecular formula is C13H19F3N2O2. The van der Waals surface area contributed by atoms with Gasteiger partial charge in [-0.1, -0.05) is 20.4 Å². The van der Waals surface area contributed by atoms with Crippen LogP contribution in [-0.2, 0) is 9.63 Å². The summed E-state index contributed by atoms with van der Waals surface area (Å²) < 4.78 is 37.8. The third kappa shape index (κ3) is 6.42. The van der Waals surface area contributed by atoms with E-state index in [4.69, 9.17) is 0 Å². The summed E-state index contributed by atoms with van der Waals surface area (Å²) >= 11 is 0. The first-order valence-electron chi connectivity index (χ1n) is 5.84. The summed E-state index contributed by atoms with van der Waals surface area (Å²) in [6, 6.07) is 0. The Balaban J connectivity index is 4.98. The lowest BCUT2D eigenvalue weighted by atomic mass is 10.2. The molecule has 20 heavy (non-hydrogen) atoms. The van der Waals surface area contributed by atoms with Crippen molar-refractivity contribution in [2.75, 3.05) is 7.11 Å². The van der Waals surface area contributed by atoms with Crippen LogP contribution in [0.25, 0.3) is 0 Å². The number of alkyl halides is 3. The lowest BCUT2D eigenvalue weighted by molar-refractivity contribution is -0.123. The Morgan fingerprint density at radius 3 is 2.25 bits per heavy atom. The minimum atomic E-state index is -4.48. The number of rotatable bonds is 6. The van der Waals surface area contributed by atoms with Gasteiger partial charge < -0.3 is 5.32 Å². The average Bonchev–Trinajstić information content (AvgIpc) is 2.32. The van der Waals surface area contributed by atoms with Gasteiger partial charge in [0.05, 0.1) is 18.4 Å². The number of carbonyl (C=O) groups is 1. The Morgan fingerprint density at radius 1 is 1.30 bits per heavy atom. The van der Waals surface area contributed by atoms with Gasteiger partial charge in [-0.3, -0.25) is 15.1 Å². The lowest BCUT2D eigenvalue weighted by Crippen LogP contribution is -2.26. The van der Waals surface area contributed by atoms with Gasteiger partial charge in [0.15, 0.2) is 0 Å². The van der Waals surface area contributed by atoms with Gasteiger partial charge >= 0.3 is 6.18 Å². The molecule has 0 bridgehead atoms. The van der Waals surface area contributed by atoms with Gasteiger partial charge in [0.25, 0.3) is 0 Å². The first-order chi connectivity index (χ1) is 9.09. The van der Waals surface area contributed by atoms with Gasteiger partial charge in [-0.05, 0) is 19.1 Å². The monoisotopic (exact) mass is 292 g/mol. The number of halogens is 3. The van der Waals surface area contributed by atoms with Gasteiger partial charge in [-0.2, -0.15) is 13.2 Å². The minimum absolute atomic E-state index is 0.189. The first kappa shape index (κ1) is 18.2. The van der Waals surface area contributed by atoms with E-state index in [2.05, 4.69) is 22.2 Å². The molecule has 114 valence electrons. The summed E-state index contributed by atoms with van der Waals surface area (Å²) in [5.41, 5.74) is 1.22. The molecule has 0 unspecified atom stereocenters. The zero-order valence-corrected chi connectivity index (χ0v) is 11.9. The van der Waals surface area contributed by atoms with Crippen molar-refractivity contribution < 1.29 is 22.8 Å². The number of amides is 1. The Bertz CT molecular complexity index is 424. The molecule has 0 spiro atoms. The van der Waals surface area contributed by atoms with Gasteiger partial charge in [-0.15, -0.1) is 0 Å². The minimum Gasteiger partial charge on any atom is -0.326 e. The Labute approximate surface area is 116 Å². The fourth-order valence-corrected chi connectivity index (χ4v) is 1.03. The molecule has 0 aromatic carbocycles. The zero-order valence-electron chi connectivity index (χ0n) is 11.9. The second-order valence-corrected chi connectivity index (χ2v) is 4.35. The van der Waals surface area contributed by atoms with Gasteiger partial charge in [0.2, 0.25) is 5.91 Å². The van der Waals surface area contributed by atoms with Crippen LogP contribution in [0.5, 0.6) is 0 Å². The van der Waals surface area contributed by atoms with Crippen LogP contribution in [0.15, 0.2) is 35.7 Å². The van der Waals surface area contributed by atoms with Crippen LogP contribution >= 0.6 is 0 Å². The van der Waals surface area contributed by atoms with E-state index >= 15 is 0 Å². The molecule has 0 aliphatic heterocycles. The normalized spacial score (nSPS) is 13.4. The van der Waals surface area contributed by atoms with Crippen LogP contribution < -0.4 is 10.8 Å². The smallest absolute Gasteiger partial charge is 0.326 e. The van der Waals surface area contributed by atoms with Crippen molar-refractivity contribution in [2.45, 2.75) is 26.9 Å². The fourth-order valence-electron chi connectivity index (χ4n) is 1.03. The van der Waals surface area contributed by atoms with Crippen LogP contribution in [-0.4, -0.2) is 19.2 Å². The molecule has 1 amide bonds. The number of hydrogen-bond donors (Lipinski definition) is 2. The Hall–Kier alpha value is -1.76. The zero-order chi connectivity index (χ0) is 15.9. The number of nitrogens with one attached hydrogen (secondary N) is 2. The molecule has 0 aromatic rings. The number of hydroxylamine groups is 1. The number of hydrogen-bond acceptors (Lipinski definition) is 3. The standard InChI is InChI=1S/C13H19F3N2O2/c1-8(2)12(19)17-9(3)6-7-11(18-20-5)10(4)13(14,15)16/h6-8,18H,3H2,1-2,4-5H3,(H,17,19)/b7-6-,11-10-. The van der Waals surface area contributed by atoms with Crippen LogP contribution in [0.4, 0.5) is 13.2 Å². The molecule has 0 aliphatic rings. The van der Waals surface area contributed by atoms with E-state index in [0.717, 1.165) is 13.0 Å². The second kappa shape index (κ2) is 7.74. The fraction of sp³-hybridized carbons (Fsp3) is 0.462. The largest absolute Gasteiger partial charge is 0.414 e. The average molecular weight is 292 g/mol. The van der Waals surface area contributed by atoms with E-state index < -0.39 is 11.7 Å². The highest BCUT2D eigenvalue weighted by Crippen LogP contribution is 2.27.